The average Bonchev–Trinajstić information content (AvgIpc) is 3.06. The Morgan fingerprint density at radius 1 is 1.07 bits per heavy atom. The lowest BCUT2D eigenvalue weighted by Gasteiger charge is -2.07. The first-order chi connectivity index (χ1) is 13.0. The first-order valence-electron chi connectivity index (χ1n) is 8.05. The van der Waals surface area contributed by atoms with Crippen molar-refractivity contribution in [3.05, 3.63) is 66.2 Å². The highest BCUT2D eigenvalue weighted by Crippen LogP contribution is 2.22. The number of amides is 2. The van der Waals surface area contributed by atoms with E-state index in [0.717, 1.165) is 0 Å². The molecule has 2 N–H and O–H groups in total. The maximum absolute atomic E-state index is 13.1. The van der Waals surface area contributed by atoms with Gasteiger partial charge in [0.2, 0.25) is 5.91 Å². The summed E-state index contributed by atoms with van der Waals surface area (Å²) in [5, 5.41) is 9.60. The van der Waals surface area contributed by atoms with Crippen LogP contribution in [0.5, 0.6) is 5.75 Å². The van der Waals surface area contributed by atoms with Gasteiger partial charge in [0.25, 0.3) is 5.91 Å². The number of ether oxygens (including phenoxy) is 1. The minimum absolute atomic E-state index is 0.0757. The van der Waals surface area contributed by atoms with Crippen LogP contribution in [0.4, 0.5) is 15.8 Å². The van der Waals surface area contributed by atoms with Gasteiger partial charge in [-0.15, -0.1) is 0 Å². The lowest BCUT2D eigenvalue weighted by Crippen LogP contribution is -2.14. The summed E-state index contributed by atoms with van der Waals surface area (Å²) in [5.41, 5.74) is 1.71. The number of hydrogen-bond donors (Lipinski definition) is 2. The number of carbonyl (C=O) groups is 2. The molecule has 0 aliphatic heterocycles. The van der Waals surface area contributed by atoms with Crippen LogP contribution in [0, 0.1) is 5.82 Å². The molecule has 2 amide bonds. The zero-order chi connectivity index (χ0) is 19.4. The lowest BCUT2D eigenvalue weighted by molar-refractivity contribution is -0.114. The molecule has 0 spiro atoms. The summed E-state index contributed by atoms with van der Waals surface area (Å²) in [6.07, 6.45) is 1.54. The molecule has 7 nitrogen and oxygen atoms in total. The van der Waals surface area contributed by atoms with Crippen molar-refractivity contribution in [1.82, 2.24) is 9.78 Å². The highest BCUT2D eigenvalue weighted by Gasteiger charge is 2.19. The van der Waals surface area contributed by atoms with Gasteiger partial charge in [-0.2, -0.15) is 5.10 Å². The molecule has 0 radical (unpaired) electrons. The van der Waals surface area contributed by atoms with Gasteiger partial charge in [0.15, 0.2) is 11.4 Å². The second-order valence-electron chi connectivity index (χ2n) is 5.68. The Labute approximate surface area is 154 Å². The topological polar surface area (TPSA) is 85.2 Å². The van der Waals surface area contributed by atoms with Crippen molar-refractivity contribution in [3.8, 4) is 11.4 Å². The van der Waals surface area contributed by atoms with E-state index >= 15 is 0 Å². The zero-order valence-corrected chi connectivity index (χ0v) is 14.7. The van der Waals surface area contributed by atoms with Crippen molar-refractivity contribution in [2.45, 2.75) is 6.92 Å². The smallest absolute Gasteiger partial charge is 0.280 e. The molecule has 0 atom stereocenters. The third kappa shape index (κ3) is 4.30. The van der Waals surface area contributed by atoms with Gasteiger partial charge < -0.3 is 15.4 Å². The normalized spacial score (nSPS) is 10.3. The standard InChI is InChI=1S/C19H17FN4O3/c1-12(25)21-14-4-3-5-15(10-14)22-19(26)18-17(27-2)11-24(23-18)16-8-6-13(20)7-9-16/h3-11H,1-2H3,(H,21,25)(H,22,26). The van der Waals surface area contributed by atoms with Crippen molar-refractivity contribution in [2.24, 2.45) is 0 Å². The lowest BCUT2D eigenvalue weighted by atomic mass is 10.2. The summed E-state index contributed by atoms with van der Waals surface area (Å²) >= 11 is 0. The predicted octanol–water partition coefficient (Wildman–Crippen LogP) is 3.23. The number of anilines is 2. The second-order valence-corrected chi connectivity index (χ2v) is 5.68. The molecule has 0 aliphatic rings. The number of benzene rings is 2. The van der Waals surface area contributed by atoms with Crippen LogP contribution in [0.15, 0.2) is 54.7 Å². The van der Waals surface area contributed by atoms with Gasteiger partial charge in [-0.05, 0) is 42.5 Å². The number of halogens is 1. The Hall–Kier alpha value is -3.68. The van der Waals surface area contributed by atoms with Crippen molar-refractivity contribution < 1.29 is 18.7 Å². The highest BCUT2D eigenvalue weighted by molar-refractivity contribution is 6.05. The van der Waals surface area contributed by atoms with Gasteiger partial charge >= 0.3 is 0 Å². The summed E-state index contributed by atoms with van der Waals surface area (Å²) < 4.78 is 19.8. The van der Waals surface area contributed by atoms with E-state index in [1.54, 1.807) is 36.4 Å². The van der Waals surface area contributed by atoms with Crippen LogP contribution in [0.25, 0.3) is 5.69 Å². The molecule has 27 heavy (non-hydrogen) atoms. The Kier molecular flexibility index (Phi) is 5.16. The number of rotatable bonds is 5. The quantitative estimate of drug-likeness (QED) is 0.724. The molecule has 3 aromatic rings. The van der Waals surface area contributed by atoms with Gasteiger partial charge in [-0.25, -0.2) is 9.07 Å². The number of nitrogens with one attached hydrogen (secondary N) is 2. The summed E-state index contributed by atoms with van der Waals surface area (Å²) in [5.74, 6) is -0.782. The zero-order valence-electron chi connectivity index (χ0n) is 14.7. The van der Waals surface area contributed by atoms with Gasteiger partial charge in [-0.3, -0.25) is 9.59 Å². The van der Waals surface area contributed by atoms with Crippen LogP contribution in [0.3, 0.4) is 0 Å². The molecule has 0 unspecified atom stereocenters. The first kappa shape index (κ1) is 18.1. The molecule has 2 aromatic carbocycles. The molecular weight excluding hydrogens is 351 g/mol. The monoisotopic (exact) mass is 368 g/mol. The van der Waals surface area contributed by atoms with Gasteiger partial charge in [0, 0.05) is 18.3 Å². The molecule has 0 aliphatic carbocycles. The molecule has 1 aromatic heterocycles. The van der Waals surface area contributed by atoms with E-state index in [9.17, 15) is 14.0 Å². The Bertz CT molecular complexity index is 983. The van der Waals surface area contributed by atoms with Crippen molar-refractivity contribution in [1.29, 1.82) is 0 Å². The van der Waals surface area contributed by atoms with E-state index in [1.807, 2.05) is 0 Å². The van der Waals surface area contributed by atoms with Crippen molar-refractivity contribution in [2.75, 3.05) is 17.7 Å². The second kappa shape index (κ2) is 7.69. The Morgan fingerprint density at radius 2 is 1.74 bits per heavy atom. The van der Waals surface area contributed by atoms with Crippen molar-refractivity contribution >= 4 is 23.2 Å². The van der Waals surface area contributed by atoms with Crippen LogP contribution in [0.2, 0.25) is 0 Å². The summed E-state index contributed by atoms with van der Waals surface area (Å²) in [4.78, 5) is 23.8. The van der Waals surface area contributed by atoms with Crippen LogP contribution in [-0.4, -0.2) is 28.7 Å². The third-order valence-corrected chi connectivity index (χ3v) is 3.65. The molecular formula is C19H17FN4O3. The largest absolute Gasteiger partial charge is 0.493 e. The van der Waals surface area contributed by atoms with E-state index in [1.165, 1.54) is 37.0 Å². The molecule has 0 saturated carbocycles. The molecule has 138 valence electrons. The highest BCUT2D eigenvalue weighted by atomic mass is 19.1. The third-order valence-electron chi connectivity index (χ3n) is 3.65. The summed E-state index contributed by atoms with van der Waals surface area (Å²) in [7, 11) is 1.43. The average molecular weight is 368 g/mol. The van der Waals surface area contributed by atoms with Gasteiger partial charge in [0.05, 0.1) is 19.0 Å². The first-order valence-corrected chi connectivity index (χ1v) is 8.05. The minimum atomic E-state index is -0.479. The number of hydrogen-bond acceptors (Lipinski definition) is 4. The molecule has 1 heterocycles. The molecule has 8 heteroatoms. The number of methoxy groups -OCH3 is 1. The van der Waals surface area contributed by atoms with Crippen LogP contribution in [-0.2, 0) is 4.79 Å². The van der Waals surface area contributed by atoms with Crippen LogP contribution >= 0.6 is 0 Å². The Morgan fingerprint density at radius 3 is 2.37 bits per heavy atom. The van der Waals surface area contributed by atoms with Gasteiger partial charge in [0.1, 0.15) is 5.82 Å². The molecule has 0 fully saturated rings. The van der Waals surface area contributed by atoms with E-state index in [0.29, 0.717) is 17.1 Å². The fourth-order valence-electron chi connectivity index (χ4n) is 2.46. The molecule has 3 rings (SSSR count). The SMILES string of the molecule is COc1cn(-c2ccc(F)cc2)nc1C(=O)Nc1cccc(NC(C)=O)c1. The van der Waals surface area contributed by atoms with E-state index in [2.05, 4.69) is 15.7 Å². The van der Waals surface area contributed by atoms with E-state index in [4.69, 9.17) is 4.74 Å². The number of carbonyl (C=O) groups excluding carboxylic acids is 2. The summed E-state index contributed by atoms with van der Waals surface area (Å²) in [6, 6.07) is 12.4. The minimum Gasteiger partial charge on any atom is -0.493 e. The van der Waals surface area contributed by atoms with E-state index < -0.39 is 5.91 Å². The van der Waals surface area contributed by atoms with Crippen LogP contribution < -0.4 is 15.4 Å². The van der Waals surface area contributed by atoms with Gasteiger partial charge in [-0.1, -0.05) is 6.07 Å². The Balaban J connectivity index is 1.84. The maximum Gasteiger partial charge on any atom is 0.280 e. The van der Waals surface area contributed by atoms with Crippen LogP contribution in [0.1, 0.15) is 17.4 Å². The predicted molar refractivity (Wildman–Crippen MR) is 98.8 cm³/mol. The molecule has 0 saturated heterocycles. The van der Waals surface area contributed by atoms with E-state index in [-0.39, 0.29) is 23.2 Å². The fourth-order valence-corrected chi connectivity index (χ4v) is 2.46. The number of aromatic nitrogens is 2. The fraction of sp³-hybridized carbons (Fsp3) is 0.105. The maximum atomic E-state index is 13.1. The molecule has 0 bridgehead atoms. The number of nitrogens with zero attached hydrogens (tertiary/aromatic N) is 2. The van der Waals surface area contributed by atoms with Crippen molar-refractivity contribution in [3.63, 3.8) is 0 Å². The summed E-state index contributed by atoms with van der Waals surface area (Å²) in [6.45, 7) is 1.40.